The molecule has 0 aliphatic carbocycles. The van der Waals surface area contributed by atoms with Crippen LogP contribution in [0, 0.1) is 5.92 Å². The predicted octanol–water partition coefficient (Wildman–Crippen LogP) is 0.0298. The van der Waals surface area contributed by atoms with Gasteiger partial charge in [-0.05, 0) is 25.7 Å². The van der Waals surface area contributed by atoms with Crippen molar-refractivity contribution >= 4 is 16.0 Å². The Morgan fingerprint density at radius 2 is 2.00 bits per heavy atom. The maximum atomic E-state index is 12.3. The summed E-state index contributed by atoms with van der Waals surface area (Å²) in [5, 5.41) is 11.4. The molecule has 1 aliphatic rings. The van der Waals surface area contributed by atoms with Crippen LogP contribution in [-0.4, -0.2) is 54.3 Å². The van der Waals surface area contributed by atoms with Crippen LogP contribution in [0.15, 0.2) is 5.16 Å². The second kappa shape index (κ2) is 5.85. The molecule has 0 aromatic heterocycles. The van der Waals surface area contributed by atoms with Crippen LogP contribution in [0.1, 0.15) is 26.7 Å². The first kappa shape index (κ1) is 15.2. The highest BCUT2D eigenvalue weighted by Gasteiger charge is 2.33. The number of nitrogens with zero attached hydrogens (tertiary/aromatic N) is 3. The second-order valence-corrected chi connectivity index (χ2v) is 6.79. The number of hydrogen-bond acceptors (Lipinski definition) is 4. The van der Waals surface area contributed by atoms with Gasteiger partial charge in [-0.1, -0.05) is 12.1 Å². The molecule has 1 saturated heterocycles. The molecule has 8 heteroatoms. The van der Waals surface area contributed by atoms with E-state index in [4.69, 9.17) is 10.9 Å². The molecule has 0 radical (unpaired) electrons. The van der Waals surface area contributed by atoms with Crippen molar-refractivity contribution in [3.8, 4) is 0 Å². The first-order chi connectivity index (χ1) is 8.30. The Labute approximate surface area is 108 Å². The fourth-order valence-corrected chi connectivity index (χ4v) is 3.41. The molecule has 1 rings (SSSR count). The highest BCUT2D eigenvalue weighted by atomic mass is 32.2. The van der Waals surface area contributed by atoms with Gasteiger partial charge in [0.25, 0.3) is 10.2 Å². The summed E-state index contributed by atoms with van der Waals surface area (Å²) in [6.45, 7) is 4.75. The molecule has 106 valence electrons. The Hall–Kier alpha value is -0.860. The van der Waals surface area contributed by atoms with Crippen LogP contribution in [0.4, 0.5) is 0 Å². The Bertz CT molecular complexity index is 401. The molecular formula is C10H22N4O3S. The Morgan fingerprint density at radius 3 is 2.44 bits per heavy atom. The van der Waals surface area contributed by atoms with Crippen molar-refractivity contribution in [1.29, 1.82) is 0 Å². The Morgan fingerprint density at radius 1 is 1.50 bits per heavy atom. The summed E-state index contributed by atoms with van der Waals surface area (Å²) in [4.78, 5) is 0. The van der Waals surface area contributed by atoms with E-state index in [1.54, 1.807) is 6.92 Å². The van der Waals surface area contributed by atoms with Crippen molar-refractivity contribution in [2.24, 2.45) is 16.8 Å². The third kappa shape index (κ3) is 3.12. The summed E-state index contributed by atoms with van der Waals surface area (Å²) in [6, 6.07) is -0.667. The summed E-state index contributed by atoms with van der Waals surface area (Å²) < 4.78 is 27.2. The number of rotatable bonds is 4. The van der Waals surface area contributed by atoms with Gasteiger partial charge in [0, 0.05) is 20.1 Å². The smallest absolute Gasteiger partial charge is 0.282 e. The minimum atomic E-state index is -3.55. The molecule has 0 saturated carbocycles. The van der Waals surface area contributed by atoms with E-state index in [9.17, 15) is 8.42 Å². The lowest BCUT2D eigenvalue weighted by Crippen LogP contribution is -2.51. The zero-order valence-electron chi connectivity index (χ0n) is 11.1. The number of oxime groups is 1. The molecule has 18 heavy (non-hydrogen) atoms. The average Bonchev–Trinajstić information content (AvgIpc) is 2.36. The van der Waals surface area contributed by atoms with Gasteiger partial charge >= 0.3 is 0 Å². The number of amidine groups is 1. The van der Waals surface area contributed by atoms with Gasteiger partial charge in [0.05, 0.1) is 6.04 Å². The summed E-state index contributed by atoms with van der Waals surface area (Å²) in [5.74, 6) is 0.440. The van der Waals surface area contributed by atoms with Gasteiger partial charge in [-0.15, -0.1) is 0 Å². The molecule has 0 spiro atoms. The molecule has 3 N–H and O–H groups in total. The van der Waals surface area contributed by atoms with Crippen molar-refractivity contribution in [3.63, 3.8) is 0 Å². The van der Waals surface area contributed by atoms with Crippen LogP contribution in [-0.2, 0) is 10.2 Å². The fraction of sp³-hybridized carbons (Fsp3) is 0.900. The standard InChI is InChI=1S/C10H22N4O3S/c1-8-4-6-14(7-5-8)18(16,17)13(3)9(2)10(11)12-15/h8-9,15H,4-7H2,1-3H3,(H2,11,12). The number of piperidine rings is 1. The molecule has 1 heterocycles. The monoisotopic (exact) mass is 278 g/mol. The highest BCUT2D eigenvalue weighted by molar-refractivity contribution is 7.86. The van der Waals surface area contributed by atoms with Crippen molar-refractivity contribution in [2.75, 3.05) is 20.1 Å². The molecule has 0 amide bonds. The topological polar surface area (TPSA) is 99.2 Å². The van der Waals surface area contributed by atoms with Crippen LogP contribution >= 0.6 is 0 Å². The second-order valence-electron chi connectivity index (χ2n) is 4.81. The summed E-state index contributed by atoms with van der Waals surface area (Å²) in [7, 11) is -2.10. The van der Waals surface area contributed by atoms with Crippen LogP contribution < -0.4 is 5.73 Å². The van der Waals surface area contributed by atoms with E-state index in [0.29, 0.717) is 19.0 Å². The number of hydrogen-bond donors (Lipinski definition) is 2. The van der Waals surface area contributed by atoms with Crippen molar-refractivity contribution in [3.05, 3.63) is 0 Å². The zero-order valence-corrected chi connectivity index (χ0v) is 11.9. The normalized spacial score (nSPS) is 22.3. The lowest BCUT2D eigenvalue weighted by atomic mass is 10.0. The minimum absolute atomic E-state index is 0.119. The summed E-state index contributed by atoms with van der Waals surface area (Å²) in [6.07, 6.45) is 1.73. The van der Waals surface area contributed by atoms with E-state index in [1.807, 2.05) is 0 Å². The van der Waals surface area contributed by atoms with Crippen LogP contribution in [0.25, 0.3) is 0 Å². The first-order valence-electron chi connectivity index (χ1n) is 6.01. The van der Waals surface area contributed by atoms with Crippen molar-refractivity contribution in [1.82, 2.24) is 8.61 Å². The maximum absolute atomic E-state index is 12.3. The molecule has 1 atom stereocenters. The molecule has 1 unspecified atom stereocenters. The lowest BCUT2D eigenvalue weighted by Gasteiger charge is -2.34. The fourth-order valence-electron chi connectivity index (χ4n) is 1.87. The van der Waals surface area contributed by atoms with Gasteiger partial charge in [-0.2, -0.15) is 17.0 Å². The largest absolute Gasteiger partial charge is 0.409 e. The van der Waals surface area contributed by atoms with Gasteiger partial charge in [0.15, 0.2) is 5.84 Å². The van der Waals surface area contributed by atoms with E-state index in [-0.39, 0.29) is 5.84 Å². The summed E-state index contributed by atoms with van der Waals surface area (Å²) in [5.41, 5.74) is 5.44. The number of nitrogens with two attached hydrogens (primary N) is 1. The Balaban J connectivity index is 2.80. The van der Waals surface area contributed by atoms with E-state index in [1.165, 1.54) is 11.4 Å². The zero-order chi connectivity index (χ0) is 13.9. The maximum Gasteiger partial charge on any atom is 0.282 e. The average molecular weight is 278 g/mol. The van der Waals surface area contributed by atoms with E-state index < -0.39 is 16.3 Å². The molecule has 1 aliphatic heterocycles. The molecule has 1 fully saturated rings. The Kier molecular flexibility index (Phi) is 4.94. The van der Waals surface area contributed by atoms with Gasteiger partial charge in [-0.3, -0.25) is 0 Å². The van der Waals surface area contributed by atoms with Crippen LogP contribution in [0.3, 0.4) is 0 Å². The third-order valence-corrected chi connectivity index (χ3v) is 5.58. The van der Waals surface area contributed by atoms with Crippen LogP contribution in [0.5, 0.6) is 0 Å². The van der Waals surface area contributed by atoms with Crippen LogP contribution in [0.2, 0.25) is 0 Å². The molecule has 0 bridgehead atoms. The predicted molar refractivity (Wildman–Crippen MR) is 69.5 cm³/mol. The van der Waals surface area contributed by atoms with E-state index in [0.717, 1.165) is 17.1 Å². The first-order valence-corrected chi connectivity index (χ1v) is 7.41. The highest BCUT2D eigenvalue weighted by Crippen LogP contribution is 2.21. The van der Waals surface area contributed by atoms with Crippen molar-refractivity contribution < 1.29 is 13.6 Å². The lowest BCUT2D eigenvalue weighted by molar-refractivity contribution is 0.266. The minimum Gasteiger partial charge on any atom is -0.409 e. The molecule has 7 nitrogen and oxygen atoms in total. The quantitative estimate of drug-likeness (QED) is 0.328. The van der Waals surface area contributed by atoms with Gasteiger partial charge < -0.3 is 10.9 Å². The molecule has 0 aromatic rings. The van der Waals surface area contributed by atoms with Gasteiger partial charge in [0.2, 0.25) is 0 Å². The molecular weight excluding hydrogens is 256 g/mol. The van der Waals surface area contributed by atoms with E-state index >= 15 is 0 Å². The molecule has 0 aromatic carbocycles. The van der Waals surface area contributed by atoms with E-state index in [2.05, 4.69) is 12.1 Å². The third-order valence-electron chi connectivity index (χ3n) is 3.52. The van der Waals surface area contributed by atoms with Gasteiger partial charge in [0.1, 0.15) is 0 Å². The van der Waals surface area contributed by atoms with Crippen molar-refractivity contribution in [2.45, 2.75) is 32.7 Å². The number of likely N-dealkylation sites (N-methyl/N-ethyl adjacent to an activating group) is 1. The summed E-state index contributed by atoms with van der Waals surface area (Å²) >= 11 is 0. The van der Waals surface area contributed by atoms with Gasteiger partial charge in [-0.25, -0.2) is 0 Å². The SMILES string of the molecule is CC1CCN(S(=O)(=O)N(C)C(C)C(N)=NO)CC1.